The van der Waals surface area contributed by atoms with Gasteiger partial charge in [-0.15, -0.1) is 0 Å². The van der Waals surface area contributed by atoms with E-state index in [4.69, 9.17) is 29.0 Å². The van der Waals surface area contributed by atoms with Gasteiger partial charge in [0.05, 0.1) is 5.30 Å². The predicted octanol–water partition coefficient (Wildman–Crippen LogP) is -0.439. The molecule has 0 saturated carbocycles. The summed E-state index contributed by atoms with van der Waals surface area (Å²) in [5.74, 6) is 0. The predicted molar refractivity (Wildman–Crippen MR) is 52.4 cm³/mol. The molecule has 0 saturated heterocycles. The van der Waals surface area contributed by atoms with Gasteiger partial charge in [-0.1, -0.05) is 18.2 Å². The van der Waals surface area contributed by atoms with Crippen molar-refractivity contribution in [2.45, 2.75) is 0 Å². The number of phosphoric acid groups is 1. The lowest BCUT2D eigenvalue weighted by Crippen LogP contribution is -2.01. The molecule has 0 bridgehead atoms. The van der Waals surface area contributed by atoms with Gasteiger partial charge in [-0.3, -0.25) is 4.57 Å². The molecule has 0 aromatic heterocycles. The Labute approximate surface area is 85.4 Å². The fourth-order valence-electron chi connectivity index (χ4n) is 0.622. The molecule has 15 heavy (non-hydrogen) atoms. The van der Waals surface area contributed by atoms with Gasteiger partial charge in [-0.25, -0.2) is 4.57 Å². The van der Waals surface area contributed by atoms with Gasteiger partial charge in [0.1, 0.15) is 0 Å². The van der Waals surface area contributed by atoms with Gasteiger partial charge in [-0.05, 0) is 12.1 Å². The molecule has 0 heterocycles. The van der Waals surface area contributed by atoms with Crippen molar-refractivity contribution in [1.29, 1.82) is 0 Å². The maximum atomic E-state index is 10.5. The molecule has 5 N–H and O–H groups in total. The molecule has 86 valence electrons. The van der Waals surface area contributed by atoms with E-state index in [0.717, 1.165) is 0 Å². The largest absolute Gasteiger partial charge is 0.466 e. The Morgan fingerprint density at radius 1 is 0.800 bits per heavy atom. The molecule has 0 unspecified atom stereocenters. The van der Waals surface area contributed by atoms with Crippen molar-refractivity contribution < 1.29 is 33.6 Å². The lowest BCUT2D eigenvalue weighted by Gasteiger charge is -2.00. The molecule has 0 aliphatic carbocycles. The van der Waals surface area contributed by atoms with Gasteiger partial charge >= 0.3 is 15.4 Å². The zero-order chi connectivity index (χ0) is 12.1. The van der Waals surface area contributed by atoms with E-state index >= 15 is 0 Å². The second-order valence-electron chi connectivity index (χ2n) is 2.39. The summed E-state index contributed by atoms with van der Waals surface area (Å²) in [6, 6.07) is 7.70. The smallest absolute Gasteiger partial charge is 0.321 e. The second kappa shape index (κ2) is 5.53. The Hall–Kier alpha value is -0.520. The fourth-order valence-corrected chi connectivity index (χ4v) is 1.18. The van der Waals surface area contributed by atoms with E-state index in [2.05, 4.69) is 0 Å². The van der Waals surface area contributed by atoms with Crippen molar-refractivity contribution in [1.82, 2.24) is 0 Å². The summed E-state index contributed by atoms with van der Waals surface area (Å²) < 4.78 is 19.4. The number of hydrogen-bond donors (Lipinski definition) is 5. The Bertz CT molecular complexity index is 369. The van der Waals surface area contributed by atoms with E-state index in [1.54, 1.807) is 18.2 Å². The zero-order valence-corrected chi connectivity index (χ0v) is 9.12. The Morgan fingerprint density at radius 3 is 1.33 bits per heavy atom. The van der Waals surface area contributed by atoms with Crippen molar-refractivity contribution in [2.24, 2.45) is 0 Å². The van der Waals surface area contributed by atoms with Crippen LogP contribution in [-0.4, -0.2) is 24.5 Å². The molecule has 0 atom stereocenters. The minimum atomic E-state index is -4.64. The molecule has 1 rings (SSSR count). The first-order chi connectivity index (χ1) is 6.61. The average molecular weight is 256 g/mol. The normalized spacial score (nSPS) is 11.5. The monoisotopic (exact) mass is 256 g/mol. The van der Waals surface area contributed by atoms with E-state index in [1.165, 1.54) is 12.1 Å². The topological polar surface area (TPSA) is 135 Å². The van der Waals surface area contributed by atoms with Crippen molar-refractivity contribution in [3.63, 3.8) is 0 Å². The van der Waals surface area contributed by atoms with Crippen LogP contribution < -0.4 is 5.30 Å². The molecule has 7 nitrogen and oxygen atoms in total. The minimum Gasteiger partial charge on any atom is -0.321 e. The number of rotatable bonds is 1. The van der Waals surface area contributed by atoms with Crippen LogP contribution in [-0.2, 0) is 9.13 Å². The lowest BCUT2D eigenvalue weighted by atomic mass is 10.4. The van der Waals surface area contributed by atoms with Crippen LogP contribution in [0.3, 0.4) is 0 Å². The van der Waals surface area contributed by atoms with Crippen molar-refractivity contribution in [2.75, 3.05) is 0 Å². The van der Waals surface area contributed by atoms with Crippen molar-refractivity contribution in [3.8, 4) is 0 Å². The van der Waals surface area contributed by atoms with Crippen LogP contribution in [0.5, 0.6) is 0 Å². The highest BCUT2D eigenvalue weighted by molar-refractivity contribution is 7.60. The van der Waals surface area contributed by atoms with Crippen LogP contribution in [0.1, 0.15) is 0 Å². The molecule has 0 aliphatic rings. The number of benzene rings is 1. The summed E-state index contributed by atoms with van der Waals surface area (Å²) in [4.78, 5) is 38.8. The molecule has 0 fully saturated rings. The van der Waals surface area contributed by atoms with E-state index < -0.39 is 15.4 Å². The van der Waals surface area contributed by atoms with Gasteiger partial charge in [0.25, 0.3) is 0 Å². The maximum absolute atomic E-state index is 10.5. The standard InChI is InChI=1S/C6H7O3P.H3O4P/c7-10(8,9)6-4-2-1-3-5-6;1-5(2,3)4/h1-5H,(H2,7,8,9);(H3,1,2,3,4). The van der Waals surface area contributed by atoms with Gasteiger partial charge in [-0.2, -0.15) is 0 Å². The molecule has 0 aliphatic heterocycles. The van der Waals surface area contributed by atoms with Gasteiger partial charge in [0.15, 0.2) is 0 Å². The minimum absolute atomic E-state index is 0.0648. The maximum Gasteiger partial charge on any atom is 0.466 e. The van der Waals surface area contributed by atoms with Crippen molar-refractivity contribution in [3.05, 3.63) is 30.3 Å². The summed E-state index contributed by atoms with van der Waals surface area (Å²) in [7, 11) is -8.66. The van der Waals surface area contributed by atoms with Crippen LogP contribution in [0, 0.1) is 0 Å². The van der Waals surface area contributed by atoms with Crippen LogP contribution in [0.2, 0.25) is 0 Å². The molecule has 1 aromatic rings. The first-order valence-corrected chi connectivity index (χ1v) is 6.68. The highest BCUT2D eigenvalue weighted by Crippen LogP contribution is 2.32. The molecule has 0 spiro atoms. The van der Waals surface area contributed by atoms with Gasteiger partial charge < -0.3 is 24.5 Å². The summed E-state index contributed by atoms with van der Waals surface area (Å²) in [5, 5.41) is 0.0648. The Kier molecular flexibility index (Phi) is 5.34. The molecule has 0 amide bonds. The molecular weight excluding hydrogens is 246 g/mol. The third-order valence-corrected chi connectivity index (χ3v) is 2.06. The van der Waals surface area contributed by atoms with Crippen LogP contribution in [0.15, 0.2) is 30.3 Å². The third kappa shape index (κ3) is 9.78. The van der Waals surface area contributed by atoms with Crippen LogP contribution >= 0.6 is 15.4 Å². The zero-order valence-electron chi connectivity index (χ0n) is 7.33. The SMILES string of the molecule is O=P(O)(O)O.O=P(O)(O)c1ccccc1. The van der Waals surface area contributed by atoms with Gasteiger partial charge in [0.2, 0.25) is 0 Å². The van der Waals surface area contributed by atoms with Crippen molar-refractivity contribution >= 4 is 20.7 Å². The van der Waals surface area contributed by atoms with E-state index in [1.807, 2.05) is 0 Å². The quantitative estimate of drug-likeness (QED) is 0.430. The van der Waals surface area contributed by atoms with E-state index in [0.29, 0.717) is 0 Å². The molecule has 9 heteroatoms. The lowest BCUT2D eigenvalue weighted by molar-refractivity contribution is 0.275. The summed E-state index contributed by atoms with van der Waals surface area (Å²) >= 11 is 0. The average Bonchev–Trinajstić information content (AvgIpc) is 2.01. The first kappa shape index (κ1) is 14.5. The Balaban J connectivity index is 0.000000336. The Morgan fingerprint density at radius 2 is 1.13 bits per heavy atom. The van der Waals surface area contributed by atoms with Crippen LogP contribution in [0.4, 0.5) is 0 Å². The summed E-state index contributed by atoms with van der Waals surface area (Å²) in [5.41, 5.74) is 0. The highest BCUT2D eigenvalue weighted by Gasteiger charge is 2.14. The second-order valence-corrected chi connectivity index (χ2v) is 5.02. The molecule has 1 aromatic carbocycles. The van der Waals surface area contributed by atoms with Gasteiger partial charge in [0, 0.05) is 0 Å². The summed E-state index contributed by atoms with van der Waals surface area (Å²) in [6.45, 7) is 0. The molecule has 0 radical (unpaired) electrons. The summed E-state index contributed by atoms with van der Waals surface area (Å²) in [6.07, 6.45) is 0. The third-order valence-electron chi connectivity index (χ3n) is 1.09. The van der Waals surface area contributed by atoms with E-state index in [9.17, 15) is 4.57 Å². The highest BCUT2D eigenvalue weighted by atomic mass is 31.2. The fraction of sp³-hybridized carbons (Fsp3) is 0. The van der Waals surface area contributed by atoms with E-state index in [-0.39, 0.29) is 5.30 Å². The first-order valence-electron chi connectivity index (χ1n) is 3.50. The molecular formula is C6H10O7P2. The number of hydrogen-bond acceptors (Lipinski definition) is 2. The van der Waals surface area contributed by atoms with Crippen LogP contribution in [0.25, 0.3) is 0 Å².